The van der Waals surface area contributed by atoms with Crippen molar-refractivity contribution in [3.63, 3.8) is 0 Å². The largest absolute Gasteiger partial charge is 0.478 e. The second-order valence-corrected chi connectivity index (χ2v) is 3.57. The SMILES string of the molecule is CN(C)C(=O)CNc1nccc(C(=O)O)c1N. The summed E-state index contributed by atoms with van der Waals surface area (Å²) < 4.78 is 0. The molecule has 0 bridgehead atoms. The highest BCUT2D eigenvalue weighted by Gasteiger charge is 2.13. The third-order valence-corrected chi connectivity index (χ3v) is 2.13. The Balaban J connectivity index is 2.82. The van der Waals surface area contributed by atoms with Crippen LogP contribution in [0.4, 0.5) is 11.5 Å². The number of pyridine rings is 1. The molecule has 0 saturated heterocycles. The first kappa shape index (κ1) is 12.8. The number of carboxylic acid groups (broad SMARTS) is 1. The maximum absolute atomic E-state index is 11.3. The fourth-order valence-corrected chi connectivity index (χ4v) is 1.12. The Kier molecular flexibility index (Phi) is 3.86. The van der Waals surface area contributed by atoms with Gasteiger partial charge >= 0.3 is 5.97 Å². The molecule has 0 saturated carbocycles. The number of aromatic nitrogens is 1. The number of aromatic carboxylic acids is 1. The van der Waals surface area contributed by atoms with Gasteiger partial charge in [0.2, 0.25) is 5.91 Å². The quantitative estimate of drug-likeness (QED) is 0.673. The molecule has 92 valence electrons. The first-order valence-corrected chi connectivity index (χ1v) is 4.85. The average molecular weight is 238 g/mol. The average Bonchev–Trinajstić information content (AvgIpc) is 2.26. The minimum atomic E-state index is -1.13. The van der Waals surface area contributed by atoms with Crippen molar-refractivity contribution in [3.05, 3.63) is 17.8 Å². The Labute approximate surface area is 98.2 Å². The fourth-order valence-electron chi connectivity index (χ4n) is 1.12. The summed E-state index contributed by atoms with van der Waals surface area (Å²) in [5.74, 6) is -1.10. The van der Waals surface area contributed by atoms with Gasteiger partial charge in [0.25, 0.3) is 0 Å². The summed E-state index contributed by atoms with van der Waals surface area (Å²) in [5.41, 5.74) is 5.59. The minimum absolute atomic E-state index is 0.00721. The second kappa shape index (κ2) is 5.15. The highest BCUT2D eigenvalue weighted by atomic mass is 16.4. The summed E-state index contributed by atoms with van der Waals surface area (Å²) in [6, 6.07) is 1.30. The number of rotatable bonds is 4. The fraction of sp³-hybridized carbons (Fsp3) is 0.300. The van der Waals surface area contributed by atoms with Crippen LogP contribution in [0.2, 0.25) is 0 Å². The van der Waals surface area contributed by atoms with E-state index in [1.807, 2.05) is 0 Å². The first-order valence-electron chi connectivity index (χ1n) is 4.85. The molecule has 1 heterocycles. The summed E-state index contributed by atoms with van der Waals surface area (Å²) in [6.07, 6.45) is 1.32. The molecular formula is C10H14N4O3. The van der Waals surface area contributed by atoms with Gasteiger partial charge < -0.3 is 21.1 Å². The van der Waals surface area contributed by atoms with E-state index in [1.165, 1.54) is 17.2 Å². The Hall–Kier alpha value is -2.31. The van der Waals surface area contributed by atoms with Crippen molar-refractivity contribution >= 4 is 23.4 Å². The van der Waals surface area contributed by atoms with Crippen LogP contribution in [0.15, 0.2) is 12.3 Å². The standard InChI is InChI=1S/C10H14N4O3/c1-14(2)7(15)5-13-9-8(11)6(10(16)17)3-4-12-9/h3-4H,5,11H2,1-2H3,(H,12,13)(H,16,17). The van der Waals surface area contributed by atoms with E-state index in [4.69, 9.17) is 10.8 Å². The van der Waals surface area contributed by atoms with Gasteiger partial charge in [-0.1, -0.05) is 0 Å². The number of nitrogens with two attached hydrogens (primary N) is 1. The van der Waals surface area contributed by atoms with E-state index < -0.39 is 5.97 Å². The monoisotopic (exact) mass is 238 g/mol. The maximum Gasteiger partial charge on any atom is 0.337 e. The second-order valence-electron chi connectivity index (χ2n) is 3.57. The third-order valence-electron chi connectivity index (χ3n) is 2.13. The third kappa shape index (κ3) is 3.07. The van der Waals surface area contributed by atoms with Gasteiger partial charge in [0, 0.05) is 20.3 Å². The predicted molar refractivity (Wildman–Crippen MR) is 62.8 cm³/mol. The molecule has 0 atom stereocenters. The molecule has 1 aromatic heterocycles. The summed E-state index contributed by atoms with van der Waals surface area (Å²) >= 11 is 0. The van der Waals surface area contributed by atoms with Gasteiger partial charge in [-0.2, -0.15) is 0 Å². The molecule has 7 nitrogen and oxygen atoms in total. The number of hydrogen-bond donors (Lipinski definition) is 3. The van der Waals surface area contributed by atoms with Crippen LogP contribution in [0.5, 0.6) is 0 Å². The Morgan fingerprint density at radius 1 is 1.53 bits per heavy atom. The molecule has 4 N–H and O–H groups in total. The van der Waals surface area contributed by atoms with Gasteiger partial charge in [-0.15, -0.1) is 0 Å². The van der Waals surface area contributed by atoms with Crippen molar-refractivity contribution in [2.45, 2.75) is 0 Å². The van der Waals surface area contributed by atoms with Crippen molar-refractivity contribution in [1.82, 2.24) is 9.88 Å². The zero-order chi connectivity index (χ0) is 13.0. The molecule has 0 unspecified atom stereocenters. The lowest BCUT2D eigenvalue weighted by molar-refractivity contribution is -0.126. The van der Waals surface area contributed by atoms with Crippen LogP contribution in [-0.4, -0.2) is 47.5 Å². The number of nitrogens with zero attached hydrogens (tertiary/aromatic N) is 2. The van der Waals surface area contributed by atoms with Crippen molar-refractivity contribution in [1.29, 1.82) is 0 Å². The van der Waals surface area contributed by atoms with Crippen LogP contribution in [-0.2, 0) is 4.79 Å². The number of carboxylic acids is 1. The van der Waals surface area contributed by atoms with E-state index in [-0.39, 0.29) is 29.5 Å². The lowest BCUT2D eigenvalue weighted by Gasteiger charge is -2.13. The highest BCUT2D eigenvalue weighted by Crippen LogP contribution is 2.19. The first-order chi connectivity index (χ1) is 7.93. The Bertz CT molecular complexity index is 445. The number of nitrogen functional groups attached to an aromatic ring is 1. The number of hydrogen-bond acceptors (Lipinski definition) is 5. The molecule has 1 rings (SSSR count). The molecule has 1 amide bonds. The van der Waals surface area contributed by atoms with Crippen LogP contribution in [0.3, 0.4) is 0 Å². The smallest absolute Gasteiger partial charge is 0.337 e. The van der Waals surface area contributed by atoms with E-state index in [2.05, 4.69) is 10.3 Å². The molecule has 0 aliphatic carbocycles. The topological polar surface area (TPSA) is 109 Å². The Morgan fingerprint density at radius 3 is 2.71 bits per heavy atom. The van der Waals surface area contributed by atoms with E-state index >= 15 is 0 Å². The van der Waals surface area contributed by atoms with Gasteiger partial charge in [-0.3, -0.25) is 4.79 Å². The van der Waals surface area contributed by atoms with Gasteiger partial charge in [-0.05, 0) is 6.07 Å². The van der Waals surface area contributed by atoms with E-state index in [9.17, 15) is 9.59 Å². The molecule has 0 aliphatic rings. The van der Waals surface area contributed by atoms with Crippen LogP contribution >= 0.6 is 0 Å². The van der Waals surface area contributed by atoms with Crippen LogP contribution in [0, 0.1) is 0 Å². The normalized spacial score (nSPS) is 9.76. The minimum Gasteiger partial charge on any atom is -0.478 e. The predicted octanol–water partition coefficient (Wildman–Crippen LogP) is -0.138. The van der Waals surface area contributed by atoms with Crippen molar-refractivity contribution in [2.75, 3.05) is 31.7 Å². The number of carbonyl (C=O) groups is 2. The van der Waals surface area contributed by atoms with E-state index in [1.54, 1.807) is 14.1 Å². The maximum atomic E-state index is 11.3. The number of amides is 1. The molecule has 7 heteroatoms. The van der Waals surface area contributed by atoms with E-state index in [0.29, 0.717) is 0 Å². The van der Waals surface area contributed by atoms with Crippen molar-refractivity contribution in [2.24, 2.45) is 0 Å². The van der Waals surface area contributed by atoms with Crippen LogP contribution < -0.4 is 11.1 Å². The molecule has 0 radical (unpaired) electrons. The molecule has 1 aromatic rings. The lowest BCUT2D eigenvalue weighted by Crippen LogP contribution is -2.29. The molecule has 0 aromatic carbocycles. The van der Waals surface area contributed by atoms with Crippen LogP contribution in [0.25, 0.3) is 0 Å². The van der Waals surface area contributed by atoms with Gasteiger partial charge in [0.15, 0.2) is 0 Å². The summed E-state index contributed by atoms with van der Waals surface area (Å²) in [6.45, 7) is 0.00721. The summed E-state index contributed by atoms with van der Waals surface area (Å²) in [4.78, 5) is 27.4. The van der Waals surface area contributed by atoms with E-state index in [0.717, 1.165) is 0 Å². The molecule has 0 spiro atoms. The van der Waals surface area contributed by atoms with Crippen LogP contribution in [0.1, 0.15) is 10.4 Å². The molecule has 0 fully saturated rings. The van der Waals surface area contributed by atoms with Gasteiger partial charge in [-0.25, -0.2) is 9.78 Å². The number of likely N-dealkylation sites (N-methyl/N-ethyl adjacent to an activating group) is 1. The zero-order valence-corrected chi connectivity index (χ0v) is 9.60. The van der Waals surface area contributed by atoms with Crippen molar-refractivity contribution in [3.8, 4) is 0 Å². The highest BCUT2D eigenvalue weighted by molar-refractivity contribution is 5.96. The lowest BCUT2D eigenvalue weighted by atomic mass is 10.2. The van der Waals surface area contributed by atoms with Gasteiger partial charge in [0.1, 0.15) is 5.82 Å². The summed E-state index contributed by atoms with van der Waals surface area (Å²) in [5, 5.41) is 11.5. The number of nitrogens with one attached hydrogen (secondary N) is 1. The van der Waals surface area contributed by atoms with Crippen molar-refractivity contribution < 1.29 is 14.7 Å². The molecule has 0 aliphatic heterocycles. The Morgan fingerprint density at radius 2 is 2.18 bits per heavy atom. The number of carbonyl (C=O) groups excluding carboxylic acids is 1. The zero-order valence-electron chi connectivity index (χ0n) is 9.60. The molecule has 17 heavy (non-hydrogen) atoms. The number of anilines is 2. The van der Waals surface area contributed by atoms with Gasteiger partial charge in [0.05, 0.1) is 17.8 Å². The summed E-state index contributed by atoms with van der Waals surface area (Å²) in [7, 11) is 3.24. The molecular weight excluding hydrogens is 224 g/mol.